The van der Waals surface area contributed by atoms with Crippen LogP contribution in [0.5, 0.6) is 0 Å². The van der Waals surface area contributed by atoms with Crippen molar-refractivity contribution in [1.82, 2.24) is 9.97 Å². The van der Waals surface area contributed by atoms with E-state index in [-0.39, 0.29) is 31.3 Å². The number of rotatable bonds is 8. The lowest BCUT2D eigenvalue weighted by Gasteiger charge is -2.08. The molecule has 2 aromatic heterocycles. The number of anilines is 1. The van der Waals surface area contributed by atoms with Crippen LogP contribution in [0.4, 0.5) is 5.69 Å². The second-order valence-corrected chi connectivity index (χ2v) is 9.42. The van der Waals surface area contributed by atoms with Crippen LogP contribution in [-0.2, 0) is 33.8 Å². The van der Waals surface area contributed by atoms with Crippen LogP contribution >= 0.6 is 22.7 Å². The molecule has 0 saturated carbocycles. The van der Waals surface area contributed by atoms with Gasteiger partial charge < -0.3 is 10.1 Å². The number of aromatic nitrogens is 2. The van der Waals surface area contributed by atoms with E-state index >= 15 is 0 Å². The van der Waals surface area contributed by atoms with E-state index in [4.69, 9.17) is 4.74 Å². The Morgan fingerprint density at radius 1 is 0.939 bits per heavy atom. The van der Waals surface area contributed by atoms with Crippen molar-refractivity contribution < 1.29 is 14.3 Å². The number of hydrogen-bond acceptors (Lipinski definition) is 7. The normalized spacial score (nSPS) is 10.7. The molecule has 0 saturated heterocycles. The van der Waals surface area contributed by atoms with Crippen molar-refractivity contribution in [3.8, 4) is 10.6 Å². The molecule has 0 unspecified atom stereocenters. The van der Waals surface area contributed by atoms with Gasteiger partial charge in [0.05, 0.1) is 24.2 Å². The third-order valence-electron chi connectivity index (χ3n) is 4.86. The molecule has 4 aromatic rings. The first kappa shape index (κ1) is 22.8. The van der Waals surface area contributed by atoms with Crippen molar-refractivity contribution in [1.29, 1.82) is 0 Å². The molecule has 0 atom stereocenters. The summed E-state index contributed by atoms with van der Waals surface area (Å²) in [7, 11) is 0. The van der Waals surface area contributed by atoms with E-state index in [0.717, 1.165) is 27.4 Å². The maximum Gasteiger partial charge on any atom is 0.312 e. The SMILES string of the molecule is Cc1ccc(C)c(NC(=O)Cc2nc(COC(=O)Cc3csc(-c4ccccc4)n3)cs2)c1. The number of carbonyl (C=O) groups is 2. The highest BCUT2D eigenvalue weighted by Crippen LogP contribution is 2.23. The zero-order valence-corrected chi connectivity index (χ0v) is 20.0. The van der Waals surface area contributed by atoms with Gasteiger partial charge in [0.1, 0.15) is 16.6 Å². The number of carbonyl (C=O) groups excluding carboxylic acids is 2. The Kier molecular flexibility index (Phi) is 7.26. The summed E-state index contributed by atoms with van der Waals surface area (Å²) in [6, 6.07) is 15.8. The molecule has 2 aromatic carbocycles. The minimum atomic E-state index is -0.359. The summed E-state index contributed by atoms with van der Waals surface area (Å²) < 4.78 is 5.36. The largest absolute Gasteiger partial charge is 0.459 e. The lowest BCUT2D eigenvalue weighted by Crippen LogP contribution is -2.15. The van der Waals surface area contributed by atoms with Crippen LogP contribution < -0.4 is 5.32 Å². The van der Waals surface area contributed by atoms with Crippen molar-refractivity contribution in [2.75, 3.05) is 5.32 Å². The maximum absolute atomic E-state index is 12.4. The van der Waals surface area contributed by atoms with E-state index < -0.39 is 0 Å². The highest BCUT2D eigenvalue weighted by atomic mass is 32.1. The highest BCUT2D eigenvalue weighted by molar-refractivity contribution is 7.13. The number of nitrogens with zero attached hydrogens (tertiary/aromatic N) is 2. The minimum Gasteiger partial charge on any atom is -0.459 e. The molecule has 4 rings (SSSR count). The number of thiazole rings is 2. The molecular weight excluding hydrogens is 454 g/mol. The zero-order valence-electron chi connectivity index (χ0n) is 18.3. The van der Waals surface area contributed by atoms with Crippen LogP contribution in [0.2, 0.25) is 0 Å². The minimum absolute atomic E-state index is 0.0730. The molecular formula is C25H23N3O3S2. The topological polar surface area (TPSA) is 81.2 Å². The Hall–Kier alpha value is -3.36. The number of amides is 1. The molecule has 0 spiro atoms. The van der Waals surface area contributed by atoms with Gasteiger partial charge in [0.2, 0.25) is 5.91 Å². The Morgan fingerprint density at radius 2 is 1.73 bits per heavy atom. The number of hydrogen-bond donors (Lipinski definition) is 1. The first-order chi connectivity index (χ1) is 16.0. The number of esters is 1. The number of aryl methyl sites for hydroxylation is 2. The second-order valence-electron chi connectivity index (χ2n) is 7.62. The monoisotopic (exact) mass is 477 g/mol. The van der Waals surface area contributed by atoms with Gasteiger partial charge in [0.15, 0.2) is 0 Å². The van der Waals surface area contributed by atoms with Gasteiger partial charge in [-0.05, 0) is 31.0 Å². The third-order valence-corrected chi connectivity index (χ3v) is 6.70. The van der Waals surface area contributed by atoms with E-state index in [9.17, 15) is 9.59 Å². The van der Waals surface area contributed by atoms with Gasteiger partial charge in [-0.25, -0.2) is 9.97 Å². The molecule has 0 radical (unpaired) electrons. The van der Waals surface area contributed by atoms with Gasteiger partial charge in [0, 0.05) is 22.0 Å². The molecule has 2 heterocycles. The summed E-state index contributed by atoms with van der Waals surface area (Å²) in [5.74, 6) is -0.485. The molecule has 0 aliphatic rings. The van der Waals surface area contributed by atoms with Crippen LogP contribution in [0.25, 0.3) is 10.6 Å². The first-order valence-corrected chi connectivity index (χ1v) is 12.2. The van der Waals surface area contributed by atoms with Crippen molar-refractivity contribution in [3.05, 3.63) is 86.8 Å². The molecule has 6 nitrogen and oxygen atoms in total. The molecule has 168 valence electrons. The molecule has 0 bridgehead atoms. The molecule has 1 N–H and O–H groups in total. The predicted octanol–water partition coefficient (Wildman–Crippen LogP) is 5.35. The maximum atomic E-state index is 12.4. The predicted molar refractivity (Wildman–Crippen MR) is 131 cm³/mol. The van der Waals surface area contributed by atoms with E-state index in [0.29, 0.717) is 16.4 Å². The standard InChI is InChI=1S/C25H23N3O3S2/c1-16-8-9-17(2)21(10-16)28-22(29)12-23-26-20(15-32-23)13-31-24(30)11-19-14-33-25(27-19)18-6-4-3-5-7-18/h3-10,14-15H,11-13H2,1-2H3,(H,28,29). The Labute approximate surface area is 200 Å². The summed E-state index contributed by atoms with van der Waals surface area (Å²) >= 11 is 2.88. The van der Waals surface area contributed by atoms with Gasteiger partial charge in [-0.1, -0.05) is 42.5 Å². The Balaban J connectivity index is 1.26. The quantitative estimate of drug-likeness (QED) is 0.346. The van der Waals surface area contributed by atoms with Gasteiger partial charge in [-0.15, -0.1) is 22.7 Å². The highest BCUT2D eigenvalue weighted by Gasteiger charge is 2.13. The first-order valence-electron chi connectivity index (χ1n) is 10.4. The number of nitrogens with one attached hydrogen (secondary N) is 1. The van der Waals surface area contributed by atoms with Gasteiger partial charge in [0.25, 0.3) is 0 Å². The fourth-order valence-corrected chi connectivity index (χ4v) is 4.76. The molecule has 1 amide bonds. The Bertz CT molecular complexity index is 1260. The molecule has 33 heavy (non-hydrogen) atoms. The summed E-state index contributed by atoms with van der Waals surface area (Å²) in [5, 5.41) is 8.17. The average molecular weight is 478 g/mol. The van der Waals surface area contributed by atoms with E-state index in [2.05, 4.69) is 15.3 Å². The van der Waals surface area contributed by atoms with Crippen LogP contribution in [0, 0.1) is 13.8 Å². The van der Waals surface area contributed by atoms with Crippen LogP contribution in [0.1, 0.15) is 27.5 Å². The van der Waals surface area contributed by atoms with E-state index in [1.807, 2.05) is 73.1 Å². The lowest BCUT2D eigenvalue weighted by molar-refractivity contribution is -0.144. The summed E-state index contributed by atoms with van der Waals surface area (Å²) in [6.07, 6.45) is 0.283. The summed E-state index contributed by atoms with van der Waals surface area (Å²) in [5.41, 5.74) is 5.25. The second kappa shape index (κ2) is 10.5. The summed E-state index contributed by atoms with van der Waals surface area (Å²) in [6.45, 7) is 4.02. The van der Waals surface area contributed by atoms with Crippen molar-refractivity contribution in [2.24, 2.45) is 0 Å². The van der Waals surface area contributed by atoms with E-state index in [1.165, 1.54) is 22.7 Å². The van der Waals surface area contributed by atoms with Gasteiger partial charge >= 0.3 is 5.97 Å². The molecule has 0 fully saturated rings. The van der Waals surface area contributed by atoms with Crippen LogP contribution in [0.15, 0.2) is 59.3 Å². The lowest BCUT2D eigenvalue weighted by atomic mass is 10.1. The third kappa shape index (κ3) is 6.34. The fraction of sp³-hybridized carbons (Fsp3) is 0.200. The Morgan fingerprint density at radius 3 is 2.55 bits per heavy atom. The smallest absolute Gasteiger partial charge is 0.312 e. The average Bonchev–Trinajstić information content (AvgIpc) is 3.45. The molecule has 0 aliphatic heterocycles. The number of benzene rings is 2. The van der Waals surface area contributed by atoms with E-state index in [1.54, 1.807) is 0 Å². The van der Waals surface area contributed by atoms with Crippen molar-refractivity contribution in [3.63, 3.8) is 0 Å². The van der Waals surface area contributed by atoms with Crippen molar-refractivity contribution in [2.45, 2.75) is 33.3 Å². The number of ether oxygens (including phenoxy) is 1. The summed E-state index contributed by atoms with van der Waals surface area (Å²) in [4.78, 5) is 33.6. The zero-order chi connectivity index (χ0) is 23.2. The molecule has 8 heteroatoms. The van der Waals surface area contributed by atoms with Gasteiger partial charge in [-0.3, -0.25) is 9.59 Å². The van der Waals surface area contributed by atoms with Gasteiger partial charge in [-0.2, -0.15) is 0 Å². The molecule has 0 aliphatic carbocycles. The van der Waals surface area contributed by atoms with Crippen molar-refractivity contribution >= 4 is 40.2 Å². The van der Waals surface area contributed by atoms with Crippen LogP contribution in [0.3, 0.4) is 0 Å². The fourth-order valence-electron chi connectivity index (χ4n) is 3.15. The van der Waals surface area contributed by atoms with Crippen LogP contribution in [-0.4, -0.2) is 21.8 Å².